The molecule has 3 heterocycles. The molecule has 0 spiro atoms. The van der Waals surface area contributed by atoms with Crippen LogP contribution in [0, 0.1) is 6.85 Å². The van der Waals surface area contributed by atoms with Crippen LogP contribution in [0.5, 0.6) is 0 Å². The summed E-state index contributed by atoms with van der Waals surface area (Å²) in [6, 6.07) is 57.3. The Balaban J connectivity index is 1.13. The molecule has 13 rings (SSSR count). The van der Waals surface area contributed by atoms with Crippen LogP contribution in [-0.4, -0.2) is 6.71 Å². The quantitative estimate of drug-likeness (QED) is 0.159. The SMILES string of the molecule is [2H]C([2H])([2H])c1cc2c3c(c1)N(c1ccc4c(c1)C(C)(C)CCC4(C)C)c1cc4c(cc1B3c1ccc(N(c3ccc(C(C)(C)C)cc3)c3ccc(C(C)(C)C)cc3)cc1N2c1ccc2c(c1)sc1ccccc12)C(C)(C)CCC4(C)C. The Labute approximate surface area is 474 Å². The summed E-state index contributed by atoms with van der Waals surface area (Å²) in [6.07, 6.45) is 4.40. The molecule has 0 N–H and O–H groups in total. The average Bonchev–Trinajstić information content (AvgIpc) is 3.79. The monoisotopic (exact) mass is 1040 g/mol. The predicted molar refractivity (Wildman–Crippen MR) is 341 cm³/mol. The van der Waals surface area contributed by atoms with Crippen molar-refractivity contribution in [3.63, 3.8) is 0 Å². The maximum Gasteiger partial charge on any atom is 0.252 e. The predicted octanol–water partition coefficient (Wildman–Crippen LogP) is 19.2. The Morgan fingerprint density at radius 3 is 1.51 bits per heavy atom. The van der Waals surface area contributed by atoms with Crippen LogP contribution in [0.15, 0.2) is 152 Å². The van der Waals surface area contributed by atoms with Crippen molar-refractivity contribution in [2.45, 2.75) is 162 Å². The maximum atomic E-state index is 9.35. The van der Waals surface area contributed by atoms with Crippen molar-refractivity contribution in [1.29, 1.82) is 0 Å². The molecular weight excluding hydrogens is 962 g/mol. The van der Waals surface area contributed by atoms with Gasteiger partial charge in [0.2, 0.25) is 0 Å². The number of benzene rings is 8. The number of hydrogen-bond donors (Lipinski definition) is 0. The minimum absolute atomic E-state index is 0.0110. The van der Waals surface area contributed by atoms with Crippen molar-refractivity contribution in [1.82, 2.24) is 0 Å². The third-order valence-electron chi connectivity index (χ3n) is 19.0. The van der Waals surface area contributed by atoms with Crippen LogP contribution in [-0.2, 0) is 32.5 Å². The molecule has 394 valence electrons. The highest BCUT2D eigenvalue weighted by molar-refractivity contribution is 7.25. The van der Waals surface area contributed by atoms with Crippen molar-refractivity contribution in [3.8, 4) is 0 Å². The molecule has 8 aromatic carbocycles. The summed E-state index contributed by atoms with van der Waals surface area (Å²) in [5.74, 6) is 0. The maximum absolute atomic E-state index is 9.35. The fourth-order valence-corrected chi connectivity index (χ4v) is 15.1. The molecule has 9 aromatic rings. The van der Waals surface area contributed by atoms with E-state index in [9.17, 15) is 4.11 Å². The molecule has 0 radical (unpaired) electrons. The topological polar surface area (TPSA) is 9.72 Å². The molecule has 2 aliphatic heterocycles. The lowest BCUT2D eigenvalue weighted by molar-refractivity contribution is 0.332. The van der Waals surface area contributed by atoms with Gasteiger partial charge < -0.3 is 14.7 Å². The molecule has 0 bridgehead atoms. The van der Waals surface area contributed by atoms with Crippen molar-refractivity contribution >= 4 is 106 Å². The van der Waals surface area contributed by atoms with Crippen LogP contribution in [0.25, 0.3) is 20.2 Å². The number of anilines is 9. The van der Waals surface area contributed by atoms with Crippen molar-refractivity contribution in [2.24, 2.45) is 0 Å². The van der Waals surface area contributed by atoms with E-state index in [1.807, 2.05) is 23.5 Å². The van der Waals surface area contributed by atoms with E-state index in [1.165, 1.54) is 64.5 Å². The van der Waals surface area contributed by atoms with Crippen LogP contribution in [0.2, 0.25) is 0 Å². The van der Waals surface area contributed by atoms with E-state index in [2.05, 4.69) is 251 Å². The summed E-state index contributed by atoms with van der Waals surface area (Å²) >= 11 is 1.82. The van der Waals surface area contributed by atoms with Gasteiger partial charge in [-0.1, -0.05) is 164 Å². The van der Waals surface area contributed by atoms with Gasteiger partial charge in [0.1, 0.15) is 0 Å². The molecule has 1 aromatic heterocycles. The Hall–Kier alpha value is -6.56. The van der Waals surface area contributed by atoms with Gasteiger partial charge in [-0.25, -0.2) is 0 Å². The van der Waals surface area contributed by atoms with E-state index in [-0.39, 0.29) is 39.2 Å². The van der Waals surface area contributed by atoms with Gasteiger partial charge in [-0.3, -0.25) is 0 Å². The second-order valence-corrected chi connectivity index (χ2v) is 29.3. The minimum Gasteiger partial charge on any atom is -0.311 e. The van der Waals surface area contributed by atoms with E-state index in [0.717, 1.165) is 82.3 Å². The molecule has 4 aliphatic rings. The minimum atomic E-state index is -2.41. The zero-order valence-corrected chi connectivity index (χ0v) is 49.4. The normalized spacial score (nSPS) is 18.3. The summed E-state index contributed by atoms with van der Waals surface area (Å²) in [4.78, 5) is 7.31. The number of thiophene rings is 1. The Bertz CT molecular complexity index is 3980. The van der Waals surface area contributed by atoms with Gasteiger partial charge in [0.05, 0.1) is 0 Å². The molecule has 0 fully saturated rings. The zero-order valence-electron chi connectivity index (χ0n) is 51.6. The zero-order chi connectivity index (χ0) is 57.3. The van der Waals surface area contributed by atoms with Gasteiger partial charge in [0.25, 0.3) is 6.71 Å². The first kappa shape index (κ1) is 47.4. The van der Waals surface area contributed by atoms with Gasteiger partial charge in [0.15, 0.2) is 0 Å². The molecular formula is C73H78BN3S. The summed E-state index contributed by atoms with van der Waals surface area (Å²) in [7, 11) is 0. The molecule has 0 unspecified atom stereocenters. The number of fused-ring (bicyclic) bond motifs is 9. The van der Waals surface area contributed by atoms with Gasteiger partial charge >= 0.3 is 0 Å². The van der Waals surface area contributed by atoms with E-state index in [4.69, 9.17) is 0 Å². The van der Waals surface area contributed by atoms with Crippen molar-refractivity contribution in [2.75, 3.05) is 14.7 Å². The molecule has 3 nitrogen and oxygen atoms in total. The van der Waals surface area contributed by atoms with Gasteiger partial charge in [0, 0.05) is 75.5 Å². The highest BCUT2D eigenvalue weighted by atomic mass is 32.1. The molecule has 78 heavy (non-hydrogen) atoms. The number of nitrogens with zero attached hydrogens (tertiary/aromatic N) is 3. The Kier molecular flexibility index (Phi) is 10.5. The van der Waals surface area contributed by atoms with Crippen LogP contribution in [0.3, 0.4) is 0 Å². The first-order valence-corrected chi connectivity index (χ1v) is 29.5. The van der Waals surface area contributed by atoms with Gasteiger partial charge in [-0.2, -0.15) is 0 Å². The highest BCUT2D eigenvalue weighted by Gasteiger charge is 2.47. The molecule has 0 amide bonds. The average molecular weight is 1040 g/mol. The summed E-state index contributed by atoms with van der Waals surface area (Å²) in [5, 5.41) is 2.47. The van der Waals surface area contributed by atoms with Crippen molar-refractivity contribution < 1.29 is 4.11 Å². The fraction of sp³-hybridized carbons (Fsp3) is 0.342. The van der Waals surface area contributed by atoms with Crippen LogP contribution < -0.4 is 31.1 Å². The molecule has 0 saturated carbocycles. The second-order valence-electron chi connectivity index (χ2n) is 28.2. The van der Waals surface area contributed by atoms with Crippen LogP contribution in [0.4, 0.5) is 51.2 Å². The van der Waals surface area contributed by atoms with Crippen LogP contribution >= 0.6 is 11.3 Å². The molecule has 0 saturated heterocycles. The fourth-order valence-electron chi connectivity index (χ4n) is 14.0. The van der Waals surface area contributed by atoms with E-state index in [0.29, 0.717) is 5.56 Å². The molecule has 5 heteroatoms. The third-order valence-corrected chi connectivity index (χ3v) is 20.1. The van der Waals surface area contributed by atoms with Gasteiger partial charge in [-0.05, 0) is 205 Å². The summed E-state index contributed by atoms with van der Waals surface area (Å²) in [5.41, 5.74) is 21.1. The number of rotatable bonds is 5. The molecule has 0 atom stereocenters. The summed E-state index contributed by atoms with van der Waals surface area (Å²) < 4.78 is 30.5. The first-order valence-electron chi connectivity index (χ1n) is 30.2. The van der Waals surface area contributed by atoms with E-state index in [1.54, 1.807) is 0 Å². The highest BCUT2D eigenvalue weighted by Crippen LogP contribution is 2.54. The first-order chi connectivity index (χ1) is 38.0. The third kappa shape index (κ3) is 8.02. The van der Waals surface area contributed by atoms with Crippen LogP contribution in [0.1, 0.15) is 166 Å². The molecule has 2 aliphatic carbocycles. The van der Waals surface area contributed by atoms with E-state index < -0.39 is 6.85 Å². The lowest BCUT2D eigenvalue weighted by Gasteiger charge is -2.48. The standard InChI is InChI=1S/C73H78BN3S/c1-45-38-63-67-64(39-45)77(52-28-31-54-53-18-16-17-19-65(53)78-66(54)42-52)61-41-51(75(48-24-20-46(21-25-48)68(2,3)4)49-26-22-47(23-27-49)69(5,6)7)30-33-59(61)74(67)60-43-57-58(73(14,15)37-36-72(57,12)13)44-62(60)76(63)50-29-32-55-56(40-50)71(10,11)35-34-70(55,8)9/h16-33,38-44H,34-37H2,1-15H3/i1D3. The number of aryl methyl sites for hydroxylation is 1. The number of hydrogen-bond acceptors (Lipinski definition) is 4. The summed E-state index contributed by atoms with van der Waals surface area (Å²) in [6.45, 7) is 30.3. The van der Waals surface area contributed by atoms with Crippen molar-refractivity contribution in [3.05, 3.63) is 191 Å². The Morgan fingerprint density at radius 2 is 0.936 bits per heavy atom. The Morgan fingerprint density at radius 1 is 0.449 bits per heavy atom. The lowest BCUT2D eigenvalue weighted by Crippen LogP contribution is -2.62. The van der Waals surface area contributed by atoms with Gasteiger partial charge in [-0.15, -0.1) is 11.3 Å². The lowest BCUT2D eigenvalue weighted by atomic mass is 9.33. The second kappa shape index (κ2) is 17.2. The largest absolute Gasteiger partial charge is 0.311 e. The smallest absolute Gasteiger partial charge is 0.252 e. The van der Waals surface area contributed by atoms with E-state index >= 15 is 0 Å².